The van der Waals surface area contributed by atoms with Crippen LogP contribution in [-0.2, 0) is 4.74 Å². The molecule has 1 aromatic rings. The number of aliphatic imine (C=N–C) groups is 1. The summed E-state index contributed by atoms with van der Waals surface area (Å²) in [4.78, 5) is 8.82. The Labute approximate surface area is 180 Å². The van der Waals surface area contributed by atoms with Gasteiger partial charge in [-0.1, -0.05) is 26.8 Å². The average molecular weight is 494 g/mol. The summed E-state index contributed by atoms with van der Waals surface area (Å²) in [6, 6.07) is 4.79. The molecule has 0 saturated carbocycles. The number of hydrogen-bond acceptors (Lipinski definition) is 4. The highest BCUT2D eigenvalue weighted by molar-refractivity contribution is 14.0. The predicted octanol–water partition coefficient (Wildman–Crippen LogP) is 3.38. The van der Waals surface area contributed by atoms with Gasteiger partial charge in [-0.15, -0.1) is 35.3 Å². The monoisotopic (exact) mass is 494 g/mol. The zero-order chi connectivity index (χ0) is 18.1. The number of morpholine rings is 1. The number of hydrogen-bond donors (Lipinski definition) is 2. The summed E-state index contributed by atoms with van der Waals surface area (Å²) in [5.74, 6) is 1.99. The molecule has 2 unspecified atom stereocenters. The Morgan fingerprint density at radius 1 is 1.27 bits per heavy atom. The van der Waals surface area contributed by atoms with E-state index in [0.717, 1.165) is 51.9 Å². The second kappa shape index (κ2) is 12.9. The zero-order valence-corrected chi connectivity index (χ0v) is 19.7. The second-order valence-electron chi connectivity index (χ2n) is 6.98. The number of ether oxygens (including phenoxy) is 1. The van der Waals surface area contributed by atoms with Crippen molar-refractivity contribution < 1.29 is 4.74 Å². The van der Waals surface area contributed by atoms with Crippen molar-refractivity contribution in [1.29, 1.82) is 0 Å². The van der Waals surface area contributed by atoms with E-state index in [2.05, 4.69) is 60.7 Å². The molecule has 2 atom stereocenters. The van der Waals surface area contributed by atoms with Crippen molar-refractivity contribution in [3.63, 3.8) is 0 Å². The van der Waals surface area contributed by atoms with Crippen molar-refractivity contribution in [3.05, 3.63) is 22.4 Å². The van der Waals surface area contributed by atoms with Crippen LogP contribution in [-0.4, -0.2) is 62.8 Å². The molecular weight excluding hydrogens is 459 g/mol. The molecule has 5 nitrogen and oxygen atoms in total. The smallest absolute Gasteiger partial charge is 0.191 e. The van der Waals surface area contributed by atoms with E-state index in [1.54, 1.807) is 0 Å². The van der Waals surface area contributed by atoms with E-state index >= 15 is 0 Å². The maximum atomic E-state index is 5.49. The second-order valence-corrected chi connectivity index (χ2v) is 7.96. The Morgan fingerprint density at radius 3 is 2.58 bits per heavy atom. The Balaban J connectivity index is 0.00000338. The molecule has 1 fully saturated rings. The van der Waals surface area contributed by atoms with Crippen LogP contribution in [0.1, 0.15) is 38.5 Å². The molecule has 0 aliphatic carbocycles. The summed E-state index contributed by atoms with van der Waals surface area (Å²) in [5.41, 5.74) is 0. The van der Waals surface area contributed by atoms with Crippen LogP contribution in [0.3, 0.4) is 0 Å². The van der Waals surface area contributed by atoms with E-state index in [9.17, 15) is 0 Å². The molecule has 1 aliphatic rings. The molecule has 2 heterocycles. The molecular formula is C19H35IN4OS. The Bertz CT molecular complexity index is 504. The van der Waals surface area contributed by atoms with E-state index in [1.165, 1.54) is 4.88 Å². The van der Waals surface area contributed by atoms with Gasteiger partial charge in [0.1, 0.15) is 0 Å². The first kappa shape index (κ1) is 23.7. The molecule has 1 aliphatic heterocycles. The molecule has 0 amide bonds. The number of thiophene rings is 1. The van der Waals surface area contributed by atoms with Gasteiger partial charge in [-0.05, 0) is 24.3 Å². The van der Waals surface area contributed by atoms with Crippen LogP contribution < -0.4 is 10.6 Å². The molecule has 1 saturated heterocycles. The van der Waals surface area contributed by atoms with Crippen LogP contribution in [0.5, 0.6) is 0 Å². The van der Waals surface area contributed by atoms with Crippen LogP contribution in [0.4, 0.5) is 0 Å². The van der Waals surface area contributed by atoms with Crippen molar-refractivity contribution in [1.82, 2.24) is 15.5 Å². The van der Waals surface area contributed by atoms with E-state index in [1.807, 2.05) is 11.3 Å². The molecule has 150 valence electrons. The highest BCUT2D eigenvalue weighted by Crippen LogP contribution is 2.19. The fraction of sp³-hybridized carbons (Fsp3) is 0.737. The van der Waals surface area contributed by atoms with Gasteiger partial charge in [0.05, 0.1) is 19.8 Å². The number of halogens is 1. The van der Waals surface area contributed by atoms with Crippen molar-refractivity contribution in [3.8, 4) is 0 Å². The minimum Gasteiger partial charge on any atom is -0.379 e. The van der Waals surface area contributed by atoms with Gasteiger partial charge in [-0.25, -0.2) is 0 Å². The van der Waals surface area contributed by atoms with E-state index in [0.29, 0.717) is 17.9 Å². The Kier molecular flexibility index (Phi) is 11.7. The van der Waals surface area contributed by atoms with Crippen molar-refractivity contribution in [2.75, 3.05) is 45.9 Å². The number of nitrogens with zero attached hydrogens (tertiary/aromatic N) is 2. The molecule has 2 N–H and O–H groups in total. The van der Waals surface area contributed by atoms with Gasteiger partial charge < -0.3 is 15.4 Å². The van der Waals surface area contributed by atoms with Gasteiger partial charge in [0.2, 0.25) is 0 Å². The zero-order valence-electron chi connectivity index (χ0n) is 16.5. The molecule has 0 spiro atoms. The van der Waals surface area contributed by atoms with Gasteiger partial charge in [0.15, 0.2) is 5.96 Å². The molecule has 2 rings (SSSR count). The number of rotatable bonds is 8. The molecule has 0 radical (unpaired) electrons. The molecule has 0 aromatic carbocycles. The fourth-order valence-corrected chi connectivity index (χ4v) is 3.89. The topological polar surface area (TPSA) is 48.9 Å². The maximum Gasteiger partial charge on any atom is 0.191 e. The third-order valence-electron chi connectivity index (χ3n) is 4.67. The minimum absolute atomic E-state index is 0. The normalized spacial score (nSPS) is 18.3. The highest BCUT2D eigenvalue weighted by Gasteiger charge is 2.23. The van der Waals surface area contributed by atoms with Crippen LogP contribution in [0.15, 0.2) is 22.5 Å². The fourth-order valence-electron chi connectivity index (χ4n) is 3.11. The third kappa shape index (κ3) is 7.70. The largest absolute Gasteiger partial charge is 0.379 e. The first-order valence-electron chi connectivity index (χ1n) is 9.49. The van der Waals surface area contributed by atoms with Crippen LogP contribution in [0.2, 0.25) is 0 Å². The van der Waals surface area contributed by atoms with Crippen molar-refractivity contribution in [2.24, 2.45) is 10.9 Å². The predicted molar refractivity (Wildman–Crippen MR) is 123 cm³/mol. The number of nitrogens with one attached hydrogen (secondary N) is 2. The van der Waals surface area contributed by atoms with Gasteiger partial charge >= 0.3 is 0 Å². The lowest BCUT2D eigenvalue weighted by Crippen LogP contribution is -2.48. The Morgan fingerprint density at radius 2 is 2.00 bits per heavy atom. The maximum absolute atomic E-state index is 5.49. The molecule has 1 aromatic heterocycles. The molecule has 26 heavy (non-hydrogen) atoms. The SMILES string of the molecule is CCNC(=NCC(C(C)C)N1CCOCC1)NCC(C)c1cccs1.I. The molecule has 7 heteroatoms. The highest BCUT2D eigenvalue weighted by atomic mass is 127. The lowest BCUT2D eigenvalue weighted by atomic mass is 10.0. The van der Waals surface area contributed by atoms with Crippen LogP contribution >= 0.6 is 35.3 Å². The van der Waals surface area contributed by atoms with E-state index in [4.69, 9.17) is 9.73 Å². The standard InChI is InChI=1S/C19H34N4OS.HI/c1-5-20-19(21-13-16(4)18-7-6-12-25-18)22-14-17(15(2)3)23-8-10-24-11-9-23;/h6-7,12,15-17H,5,8-11,13-14H2,1-4H3,(H2,20,21,22);1H. The number of guanidine groups is 1. The van der Waals surface area contributed by atoms with Gasteiger partial charge in [-0.3, -0.25) is 9.89 Å². The Hall–Kier alpha value is -0.380. The quantitative estimate of drug-likeness (QED) is 0.331. The van der Waals surface area contributed by atoms with Crippen molar-refractivity contribution >= 4 is 41.3 Å². The minimum atomic E-state index is 0. The van der Waals surface area contributed by atoms with Crippen molar-refractivity contribution in [2.45, 2.75) is 39.7 Å². The van der Waals surface area contributed by atoms with Crippen LogP contribution in [0.25, 0.3) is 0 Å². The average Bonchev–Trinajstić information content (AvgIpc) is 3.15. The van der Waals surface area contributed by atoms with Gasteiger partial charge in [0.25, 0.3) is 0 Å². The lowest BCUT2D eigenvalue weighted by Gasteiger charge is -2.36. The van der Waals surface area contributed by atoms with Crippen LogP contribution in [0, 0.1) is 5.92 Å². The van der Waals surface area contributed by atoms with Gasteiger partial charge in [-0.2, -0.15) is 0 Å². The summed E-state index contributed by atoms with van der Waals surface area (Å²) < 4.78 is 5.49. The molecule has 0 bridgehead atoms. The van der Waals surface area contributed by atoms with Gasteiger partial charge in [0, 0.05) is 43.0 Å². The van der Waals surface area contributed by atoms with E-state index in [-0.39, 0.29) is 24.0 Å². The van der Waals surface area contributed by atoms with E-state index < -0.39 is 0 Å². The summed E-state index contributed by atoms with van der Waals surface area (Å²) in [7, 11) is 0. The third-order valence-corrected chi connectivity index (χ3v) is 5.77. The lowest BCUT2D eigenvalue weighted by molar-refractivity contribution is 0.00867. The first-order valence-corrected chi connectivity index (χ1v) is 10.4. The first-order chi connectivity index (χ1) is 12.1. The summed E-state index contributed by atoms with van der Waals surface area (Å²) in [6.07, 6.45) is 0. The summed E-state index contributed by atoms with van der Waals surface area (Å²) in [6.45, 7) is 15.2. The summed E-state index contributed by atoms with van der Waals surface area (Å²) >= 11 is 1.82. The summed E-state index contributed by atoms with van der Waals surface area (Å²) in [5, 5.41) is 9.03.